The van der Waals surface area contributed by atoms with E-state index in [1.54, 1.807) is 69.3 Å². The molecule has 0 bridgehead atoms. The lowest BCUT2D eigenvalue weighted by molar-refractivity contribution is -0.157. The Kier molecular flexibility index (Phi) is 9.24. The minimum Gasteiger partial charge on any atom is -0.497 e. The molecule has 0 unspecified atom stereocenters. The highest BCUT2D eigenvalue weighted by atomic mass is 32.2. The van der Waals surface area contributed by atoms with E-state index in [1.807, 2.05) is 0 Å². The van der Waals surface area contributed by atoms with Crippen LogP contribution in [0.25, 0.3) is 0 Å². The summed E-state index contributed by atoms with van der Waals surface area (Å²) in [5.74, 6) is -0.0586. The van der Waals surface area contributed by atoms with Gasteiger partial charge in [0.05, 0.1) is 25.3 Å². The molecule has 0 fully saturated rings. The van der Waals surface area contributed by atoms with Crippen LogP contribution in [0.15, 0.2) is 53.6 Å². The molecule has 11 heteroatoms. The van der Waals surface area contributed by atoms with Crippen molar-refractivity contribution in [2.24, 2.45) is 5.10 Å². The molecule has 10 nitrogen and oxygen atoms in total. The first-order valence-corrected chi connectivity index (χ1v) is 12.6. The van der Waals surface area contributed by atoms with Crippen LogP contribution in [0.4, 0.5) is 5.69 Å². The Labute approximate surface area is 205 Å². The van der Waals surface area contributed by atoms with Gasteiger partial charge in [0.1, 0.15) is 23.1 Å². The van der Waals surface area contributed by atoms with Crippen LogP contribution in [-0.4, -0.2) is 58.1 Å². The summed E-state index contributed by atoms with van der Waals surface area (Å²) in [6.07, 6.45) is 2.43. The molecule has 0 heterocycles. The molecule has 0 aliphatic rings. The van der Waals surface area contributed by atoms with Gasteiger partial charge in [-0.25, -0.2) is 18.6 Å². The maximum atomic E-state index is 12.6. The Morgan fingerprint density at radius 1 is 1.06 bits per heavy atom. The van der Waals surface area contributed by atoms with Gasteiger partial charge in [0.2, 0.25) is 10.0 Å². The van der Waals surface area contributed by atoms with Crippen molar-refractivity contribution in [3.63, 3.8) is 0 Å². The van der Waals surface area contributed by atoms with Crippen molar-refractivity contribution in [3.8, 4) is 11.5 Å². The maximum absolute atomic E-state index is 12.6. The summed E-state index contributed by atoms with van der Waals surface area (Å²) in [6.45, 7) is 6.57. The standard InChI is InChI=1S/C24H31N3O7S/c1-17(27(35(6,30)31)19-9-13-20(32-5)14-10-19)23(29)26-25-15-18-7-11-21(12-8-18)33-16-22(28)34-24(2,3)4/h7-15,17H,16H2,1-6H3,(H,26,29)/b25-15-/t17-/m0/s1. The maximum Gasteiger partial charge on any atom is 0.344 e. The lowest BCUT2D eigenvalue weighted by atomic mass is 10.2. The van der Waals surface area contributed by atoms with E-state index < -0.39 is 33.5 Å². The summed E-state index contributed by atoms with van der Waals surface area (Å²) in [4.78, 5) is 24.3. The van der Waals surface area contributed by atoms with E-state index in [4.69, 9.17) is 14.2 Å². The molecule has 1 N–H and O–H groups in total. The number of ether oxygens (including phenoxy) is 3. The molecule has 2 aromatic carbocycles. The molecule has 35 heavy (non-hydrogen) atoms. The second-order valence-corrected chi connectivity index (χ2v) is 10.5. The first-order chi connectivity index (χ1) is 16.3. The predicted octanol–water partition coefficient (Wildman–Crippen LogP) is 2.72. The third-order valence-corrected chi connectivity index (χ3v) is 5.70. The van der Waals surface area contributed by atoms with Gasteiger partial charge in [-0.1, -0.05) is 0 Å². The van der Waals surface area contributed by atoms with Crippen molar-refractivity contribution in [1.29, 1.82) is 0 Å². The second-order valence-electron chi connectivity index (χ2n) is 8.61. The number of nitrogens with zero attached hydrogens (tertiary/aromatic N) is 2. The summed E-state index contributed by atoms with van der Waals surface area (Å²) in [5, 5.41) is 3.91. The van der Waals surface area contributed by atoms with Crippen LogP contribution < -0.4 is 19.2 Å². The normalized spacial score (nSPS) is 12.6. The molecular formula is C24H31N3O7S. The quantitative estimate of drug-likeness (QED) is 0.299. The van der Waals surface area contributed by atoms with Crippen LogP contribution in [0.2, 0.25) is 0 Å². The SMILES string of the molecule is COc1ccc(N([C@@H](C)C(=O)N/N=C\c2ccc(OCC(=O)OC(C)(C)C)cc2)S(C)(=O)=O)cc1. The Hall–Kier alpha value is -3.60. The number of esters is 1. The highest BCUT2D eigenvalue weighted by molar-refractivity contribution is 7.92. The zero-order chi connectivity index (χ0) is 26.2. The van der Waals surface area contributed by atoms with E-state index in [2.05, 4.69) is 10.5 Å². The van der Waals surface area contributed by atoms with Gasteiger partial charge in [0.25, 0.3) is 5.91 Å². The molecular weight excluding hydrogens is 474 g/mol. The molecule has 1 atom stereocenters. The van der Waals surface area contributed by atoms with Gasteiger partial charge < -0.3 is 14.2 Å². The molecule has 0 saturated heterocycles. The van der Waals surface area contributed by atoms with Gasteiger partial charge in [-0.2, -0.15) is 5.10 Å². The number of methoxy groups -OCH3 is 1. The van der Waals surface area contributed by atoms with Gasteiger partial charge in [-0.15, -0.1) is 0 Å². The summed E-state index contributed by atoms with van der Waals surface area (Å²) in [7, 11) is -2.25. The highest BCUT2D eigenvalue weighted by Crippen LogP contribution is 2.23. The van der Waals surface area contributed by atoms with Gasteiger partial charge >= 0.3 is 5.97 Å². The number of hydrazone groups is 1. The van der Waals surface area contributed by atoms with Crippen LogP contribution in [0.3, 0.4) is 0 Å². The average molecular weight is 506 g/mol. The first-order valence-electron chi connectivity index (χ1n) is 10.7. The molecule has 2 aromatic rings. The van der Waals surface area contributed by atoms with E-state index in [0.29, 0.717) is 22.7 Å². The number of rotatable bonds is 10. The Bertz CT molecular complexity index is 1140. The number of hydrogen-bond donors (Lipinski definition) is 1. The van der Waals surface area contributed by atoms with E-state index in [-0.39, 0.29) is 6.61 Å². The predicted molar refractivity (Wildman–Crippen MR) is 133 cm³/mol. The highest BCUT2D eigenvalue weighted by Gasteiger charge is 2.29. The molecule has 0 saturated carbocycles. The van der Waals surface area contributed by atoms with Crippen molar-refractivity contribution in [2.75, 3.05) is 24.3 Å². The first kappa shape index (κ1) is 27.6. The molecule has 190 valence electrons. The number of sulfonamides is 1. The Balaban J connectivity index is 1.97. The fourth-order valence-electron chi connectivity index (χ4n) is 2.97. The zero-order valence-corrected chi connectivity index (χ0v) is 21.5. The van der Waals surface area contributed by atoms with Gasteiger partial charge in [0, 0.05) is 0 Å². The van der Waals surface area contributed by atoms with E-state index in [1.165, 1.54) is 20.2 Å². The smallest absolute Gasteiger partial charge is 0.344 e. The topological polar surface area (TPSA) is 124 Å². The number of carbonyl (C=O) groups excluding carboxylic acids is 2. The lowest BCUT2D eigenvalue weighted by Gasteiger charge is -2.27. The molecule has 0 radical (unpaired) electrons. The lowest BCUT2D eigenvalue weighted by Crippen LogP contribution is -2.46. The van der Waals surface area contributed by atoms with Crippen LogP contribution in [0, 0.1) is 0 Å². The molecule has 0 aliphatic heterocycles. The largest absolute Gasteiger partial charge is 0.497 e. The summed E-state index contributed by atoms with van der Waals surface area (Å²) in [5.41, 5.74) is 2.74. The van der Waals surface area contributed by atoms with Crippen molar-refractivity contribution >= 4 is 33.8 Å². The minimum atomic E-state index is -3.75. The molecule has 1 amide bonds. The van der Waals surface area contributed by atoms with Crippen LogP contribution in [-0.2, 0) is 24.3 Å². The molecule has 0 aliphatic carbocycles. The number of anilines is 1. The number of nitrogens with one attached hydrogen (secondary N) is 1. The number of hydrogen-bond acceptors (Lipinski definition) is 8. The molecule has 0 spiro atoms. The van der Waals surface area contributed by atoms with Crippen LogP contribution >= 0.6 is 0 Å². The third-order valence-electron chi connectivity index (χ3n) is 4.46. The number of carbonyl (C=O) groups is 2. The van der Waals surface area contributed by atoms with Crippen molar-refractivity contribution in [1.82, 2.24) is 5.43 Å². The molecule has 2 rings (SSSR count). The van der Waals surface area contributed by atoms with Gasteiger partial charge in [-0.05, 0) is 81.8 Å². The molecule has 0 aromatic heterocycles. The van der Waals surface area contributed by atoms with Crippen molar-refractivity contribution in [3.05, 3.63) is 54.1 Å². The minimum absolute atomic E-state index is 0.219. The van der Waals surface area contributed by atoms with Crippen molar-refractivity contribution in [2.45, 2.75) is 39.3 Å². The van der Waals surface area contributed by atoms with E-state index in [9.17, 15) is 18.0 Å². The Morgan fingerprint density at radius 3 is 2.14 bits per heavy atom. The van der Waals surface area contributed by atoms with E-state index in [0.717, 1.165) is 10.6 Å². The fourth-order valence-corrected chi connectivity index (χ4v) is 4.14. The summed E-state index contributed by atoms with van der Waals surface area (Å²) >= 11 is 0. The number of amides is 1. The summed E-state index contributed by atoms with van der Waals surface area (Å²) < 4.78 is 41.4. The monoisotopic (exact) mass is 505 g/mol. The second kappa shape index (κ2) is 11.7. The fraction of sp³-hybridized carbons (Fsp3) is 0.375. The van der Waals surface area contributed by atoms with Gasteiger partial charge in [0.15, 0.2) is 6.61 Å². The Morgan fingerprint density at radius 2 is 1.63 bits per heavy atom. The van der Waals surface area contributed by atoms with Crippen LogP contribution in [0.5, 0.6) is 11.5 Å². The number of benzene rings is 2. The third kappa shape index (κ3) is 8.93. The van der Waals surface area contributed by atoms with Crippen LogP contribution in [0.1, 0.15) is 33.3 Å². The zero-order valence-electron chi connectivity index (χ0n) is 20.6. The van der Waals surface area contributed by atoms with E-state index >= 15 is 0 Å². The van der Waals surface area contributed by atoms with Gasteiger partial charge in [-0.3, -0.25) is 9.10 Å². The van der Waals surface area contributed by atoms with Crippen molar-refractivity contribution < 1.29 is 32.2 Å². The summed E-state index contributed by atoms with van der Waals surface area (Å²) in [6, 6.07) is 11.9. The average Bonchev–Trinajstić information content (AvgIpc) is 2.77.